The minimum atomic E-state index is -2.37. The van der Waals surface area contributed by atoms with E-state index in [0.29, 0.717) is 19.8 Å². The molecule has 0 unspecified atom stereocenters. The van der Waals surface area contributed by atoms with E-state index < -0.39 is 8.80 Å². The maximum atomic E-state index is 5.67. The molecule has 0 aliphatic heterocycles. The van der Waals surface area contributed by atoms with Crippen molar-refractivity contribution in [3.05, 3.63) is 12.3 Å². The average molecular weight is 297 g/mol. The molecule has 0 spiro atoms. The largest absolute Gasteiger partial charge is 0.500 e. The van der Waals surface area contributed by atoms with Gasteiger partial charge in [0.2, 0.25) is 0 Å². The van der Waals surface area contributed by atoms with Crippen molar-refractivity contribution in [2.75, 3.05) is 25.6 Å². The normalized spacial score (nSPS) is 10.8. The van der Waals surface area contributed by atoms with Crippen LogP contribution in [-0.2, 0) is 13.3 Å². The molecule has 0 aromatic heterocycles. The summed E-state index contributed by atoms with van der Waals surface area (Å²) in [6.45, 7) is 11.3. The van der Waals surface area contributed by atoms with Crippen LogP contribution in [0.2, 0.25) is 6.04 Å². The Morgan fingerprint density at radius 1 is 1.12 bits per heavy atom. The molecule has 0 aliphatic carbocycles. The molecule has 0 radical (unpaired) electrons. The van der Waals surface area contributed by atoms with E-state index >= 15 is 0 Å². The van der Waals surface area contributed by atoms with Crippen molar-refractivity contribution in [1.82, 2.24) is 0 Å². The van der Waals surface area contributed by atoms with E-state index in [1.807, 2.05) is 26.5 Å². The van der Waals surface area contributed by atoms with Gasteiger partial charge in [0.25, 0.3) is 0 Å². The number of hydrogen-bond acceptors (Lipinski definition) is 4. The molecule has 0 N–H and O–H groups in total. The molecule has 0 aliphatic rings. The lowest BCUT2D eigenvalue weighted by Crippen LogP contribution is -2.46. The zero-order valence-electron chi connectivity index (χ0n) is 11.7. The van der Waals surface area contributed by atoms with Gasteiger partial charge >= 0.3 is 8.80 Å². The monoisotopic (exact) mass is 296 g/mol. The molecule has 3 nitrogen and oxygen atoms in total. The molecular weight excluding hydrogens is 268 g/mol. The van der Waals surface area contributed by atoms with Crippen LogP contribution in [0.1, 0.15) is 27.2 Å². The second kappa shape index (κ2) is 14.5. The highest BCUT2D eigenvalue weighted by molar-refractivity contribution is 7.80. The van der Waals surface area contributed by atoms with Crippen LogP contribution in [0.3, 0.4) is 0 Å². The summed E-state index contributed by atoms with van der Waals surface area (Å²) in [7, 11) is -1.23. The summed E-state index contributed by atoms with van der Waals surface area (Å²) in [4.78, 5) is 0. The van der Waals surface area contributed by atoms with Crippen molar-refractivity contribution in [3.8, 4) is 0 Å². The standard InChI is InChI=1S/C9H22O3SSi.C2H6Si/c1-4-10-14(11-5-2,12-6-3)9-7-8-13;1-2-3/h13H,4-9H2,1-3H3;2H,1H2,3H3. The SMILES string of the molecule is C=C[SiH3].CCO[Si](CCCS)(OCC)OCC. The zero-order chi connectivity index (χ0) is 13.6. The molecule has 6 heteroatoms. The summed E-state index contributed by atoms with van der Waals surface area (Å²) >= 11 is 4.19. The highest BCUT2D eigenvalue weighted by Gasteiger charge is 2.39. The summed E-state index contributed by atoms with van der Waals surface area (Å²) < 4.78 is 17.0. The first-order chi connectivity index (χ1) is 8.16. The third kappa shape index (κ3) is 11.2. The molecule has 0 heterocycles. The molecule has 0 bridgehead atoms. The van der Waals surface area contributed by atoms with E-state index in [1.54, 1.807) is 0 Å². The highest BCUT2D eigenvalue weighted by atomic mass is 32.1. The molecule has 0 saturated carbocycles. The first-order valence-electron chi connectivity index (χ1n) is 6.26. The van der Waals surface area contributed by atoms with Crippen molar-refractivity contribution in [2.45, 2.75) is 33.2 Å². The Kier molecular flexibility index (Phi) is 16.8. The minimum absolute atomic E-state index is 0.652. The molecule has 0 aromatic rings. The molecule has 0 amide bonds. The van der Waals surface area contributed by atoms with Crippen LogP contribution in [0.4, 0.5) is 0 Å². The lowest BCUT2D eigenvalue weighted by molar-refractivity contribution is 0.0712. The molecular formula is C11H28O3SSi2. The fourth-order valence-electron chi connectivity index (χ4n) is 1.30. The third-order valence-electron chi connectivity index (χ3n) is 1.73. The van der Waals surface area contributed by atoms with Crippen LogP contribution in [0.15, 0.2) is 12.3 Å². The molecule has 0 rings (SSSR count). The van der Waals surface area contributed by atoms with E-state index in [-0.39, 0.29) is 0 Å². The maximum Gasteiger partial charge on any atom is 0.500 e. The van der Waals surface area contributed by atoms with Gasteiger partial charge in [-0.2, -0.15) is 12.6 Å². The molecule has 0 saturated heterocycles. The Morgan fingerprint density at radius 2 is 1.47 bits per heavy atom. The second-order valence-corrected chi connectivity index (χ2v) is 7.21. The van der Waals surface area contributed by atoms with Crippen LogP contribution in [-0.4, -0.2) is 44.6 Å². The van der Waals surface area contributed by atoms with E-state index in [4.69, 9.17) is 13.3 Å². The summed E-state index contributed by atoms with van der Waals surface area (Å²) in [5.74, 6) is 0.849. The second-order valence-electron chi connectivity index (χ2n) is 3.22. The Hall–Kier alpha value is 0.404. The summed E-state index contributed by atoms with van der Waals surface area (Å²) in [6, 6.07) is 0.867. The van der Waals surface area contributed by atoms with Gasteiger partial charge in [-0.25, -0.2) is 0 Å². The van der Waals surface area contributed by atoms with Gasteiger partial charge in [0.15, 0.2) is 0 Å². The molecule has 0 aromatic carbocycles. The van der Waals surface area contributed by atoms with Gasteiger partial charge in [0.05, 0.1) is 0 Å². The van der Waals surface area contributed by atoms with E-state index in [1.165, 1.54) is 0 Å². The lowest BCUT2D eigenvalue weighted by Gasteiger charge is -2.28. The fraction of sp³-hybridized carbons (Fsp3) is 0.818. The highest BCUT2D eigenvalue weighted by Crippen LogP contribution is 2.18. The Balaban J connectivity index is 0. The quantitative estimate of drug-likeness (QED) is 0.520. The van der Waals surface area contributed by atoms with E-state index in [2.05, 4.69) is 19.2 Å². The van der Waals surface area contributed by atoms with Gasteiger partial charge in [-0.1, -0.05) is 0 Å². The van der Waals surface area contributed by atoms with E-state index in [0.717, 1.165) is 28.5 Å². The first kappa shape index (κ1) is 19.7. The molecule has 0 fully saturated rings. The van der Waals surface area contributed by atoms with Crippen LogP contribution in [0.5, 0.6) is 0 Å². The fourth-order valence-corrected chi connectivity index (χ4v) is 4.36. The van der Waals surface area contributed by atoms with Crippen molar-refractivity contribution >= 4 is 31.7 Å². The zero-order valence-corrected chi connectivity index (χ0v) is 15.6. The van der Waals surface area contributed by atoms with Gasteiger partial charge < -0.3 is 13.3 Å². The summed E-state index contributed by atoms with van der Waals surface area (Å²) in [5, 5.41) is 0. The maximum absolute atomic E-state index is 5.67. The van der Waals surface area contributed by atoms with Crippen LogP contribution in [0.25, 0.3) is 0 Å². The molecule has 104 valence electrons. The van der Waals surface area contributed by atoms with Gasteiger partial charge in [0, 0.05) is 36.1 Å². The molecule has 17 heavy (non-hydrogen) atoms. The first-order valence-corrected chi connectivity index (χ1v) is 9.97. The van der Waals surface area contributed by atoms with Crippen molar-refractivity contribution in [2.24, 2.45) is 0 Å². The average Bonchev–Trinajstić information content (AvgIpc) is 2.29. The predicted octanol–water partition coefficient (Wildman–Crippen LogP) is 1.85. The Labute approximate surface area is 116 Å². The van der Waals surface area contributed by atoms with Gasteiger partial charge in [-0.15, -0.1) is 12.3 Å². The number of thiol groups is 1. The van der Waals surface area contributed by atoms with Crippen LogP contribution < -0.4 is 0 Å². The number of rotatable bonds is 9. The molecule has 0 atom stereocenters. The van der Waals surface area contributed by atoms with Crippen LogP contribution >= 0.6 is 12.6 Å². The van der Waals surface area contributed by atoms with Crippen molar-refractivity contribution < 1.29 is 13.3 Å². The van der Waals surface area contributed by atoms with Crippen molar-refractivity contribution in [1.29, 1.82) is 0 Å². The minimum Gasteiger partial charge on any atom is -0.374 e. The Morgan fingerprint density at radius 3 is 1.71 bits per heavy atom. The van der Waals surface area contributed by atoms with Crippen molar-refractivity contribution in [3.63, 3.8) is 0 Å². The number of hydrogen-bond donors (Lipinski definition) is 1. The summed E-state index contributed by atoms with van der Waals surface area (Å²) in [6.07, 6.45) is 0.981. The topological polar surface area (TPSA) is 27.7 Å². The van der Waals surface area contributed by atoms with Crippen LogP contribution in [0, 0.1) is 0 Å². The summed E-state index contributed by atoms with van der Waals surface area (Å²) in [5.41, 5.74) is 1.89. The predicted molar refractivity (Wildman–Crippen MR) is 84.0 cm³/mol. The lowest BCUT2D eigenvalue weighted by atomic mass is 10.6. The Bertz CT molecular complexity index is 154. The third-order valence-corrected chi connectivity index (χ3v) is 5.20. The van der Waals surface area contributed by atoms with Gasteiger partial charge in [0.1, 0.15) is 0 Å². The van der Waals surface area contributed by atoms with E-state index in [9.17, 15) is 0 Å². The smallest absolute Gasteiger partial charge is 0.374 e. The van der Waals surface area contributed by atoms with Gasteiger partial charge in [-0.3, -0.25) is 0 Å². The van der Waals surface area contributed by atoms with Gasteiger partial charge in [-0.05, 0) is 32.9 Å².